The smallest absolute Gasteiger partial charge is 0.271 e. The van der Waals surface area contributed by atoms with Gasteiger partial charge in [-0.2, -0.15) is 0 Å². The van der Waals surface area contributed by atoms with Crippen LogP contribution in [0.1, 0.15) is 24.1 Å². The Morgan fingerprint density at radius 3 is 2.58 bits per heavy atom. The van der Waals surface area contributed by atoms with Crippen LogP contribution in [0.2, 0.25) is 0 Å². The van der Waals surface area contributed by atoms with Gasteiger partial charge in [-0.05, 0) is 72.3 Å². The number of carbonyl (C=O) groups is 1. The number of benzene rings is 3. The fourth-order valence-corrected chi connectivity index (χ4v) is 6.72. The van der Waals surface area contributed by atoms with Gasteiger partial charge in [-0.25, -0.2) is 15.0 Å². The molecule has 13 heteroatoms. The van der Waals surface area contributed by atoms with Crippen molar-refractivity contribution in [1.29, 1.82) is 0 Å². The topological polar surface area (TPSA) is 142 Å². The highest BCUT2D eigenvalue weighted by molar-refractivity contribution is 7.99. The van der Waals surface area contributed by atoms with Crippen molar-refractivity contribution in [3.8, 4) is 5.75 Å². The standard InChI is InChI=1S/C32H24N6O5S2/c1-19-27(29(39)36-22-9-4-3-5-10-22)28(20-8-6-11-24(17-20)43-2)37-30(40)26(45-32(37)35-19)18-21-16-23(38(41)42)12-13-25(21)44-31-33-14-7-15-34-31/h3-18,28H,1-2H3,(H,36,39)/b26-18+/t28-/m1/s1. The van der Waals surface area contributed by atoms with Crippen molar-refractivity contribution < 1.29 is 14.5 Å². The molecule has 1 amide bonds. The molecule has 224 valence electrons. The van der Waals surface area contributed by atoms with E-state index in [0.717, 1.165) is 11.3 Å². The largest absolute Gasteiger partial charge is 0.497 e. The summed E-state index contributed by atoms with van der Waals surface area (Å²) in [4.78, 5) is 53.3. The van der Waals surface area contributed by atoms with E-state index < -0.39 is 22.4 Å². The highest BCUT2D eigenvalue weighted by Crippen LogP contribution is 2.33. The van der Waals surface area contributed by atoms with Gasteiger partial charge in [-0.1, -0.05) is 41.7 Å². The summed E-state index contributed by atoms with van der Waals surface area (Å²) in [5.41, 5.74) is 1.93. The van der Waals surface area contributed by atoms with Crippen LogP contribution in [-0.4, -0.2) is 32.5 Å². The maximum absolute atomic E-state index is 14.2. The number of amides is 1. The second kappa shape index (κ2) is 12.7. The summed E-state index contributed by atoms with van der Waals surface area (Å²) >= 11 is 2.36. The van der Waals surface area contributed by atoms with E-state index in [9.17, 15) is 19.7 Å². The third-order valence-corrected chi connectivity index (χ3v) is 8.91. The number of anilines is 1. The van der Waals surface area contributed by atoms with Gasteiger partial charge in [0, 0.05) is 35.1 Å². The van der Waals surface area contributed by atoms with Crippen LogP contribution in [0.5, 0.6) is 5.75 Å². The van der Waals surface area contributed by atoms with Crippen molar-refractivity contribution in [2.45, 2.75) is 23.0 Å². The monoisotopic (exact) mass is 636 g/mol. The molecule has 0 radical (unpaired) electrons. The number of non-ortho nitro benzene ring substituents is 1. The number of nitro groups is 1. The van der Waals surface area contributed by atoms with Gasteiger partial charge >= 0.3 is 0 Å². The molecule has 1 N–H and O–H groups in total. The second-order valence-electron chi connectivity index (χ2n) is 9.79. The van der Waals surface area contributed by atoms with E-state index in [2.05, 4.69) is 20.3 Å². The van der Waals surface area contributed by atoms with Crippen LogP contribution in [0.4, 0.5) is 11.4 Å². The number of hydrogen-bond acceptors (Lipinski definition) is 10. The van der Waals surface area contributed by atoms with Crippen LogP contribution >= 0.6 is 23.1 Å². The molecule has 1 atom stereocenters. The summed E-state index contributed by atoms with van der Waals surface area (Å²) in [7, 11) is 1.55. The Kier molecular flexibility index (Phi) is 8.36. The summed E-state index contributed by atoms with van der Waals surface area (Å²) in [5.74, 6) is 0.165. The summed E-state index contributed by atoms with van der Waals surface area (Å²) in [6.07, 6.45) is 4.81. The minimum absolute atomic E-state index is 0.127. The Bertz CT molecular complexity index is 2150. The Morgan fingerprint density at radius 2 is 1.84 bits per heavy atom. The number of ether oxygens (including phenoxy) is 1. The first-order valence-electron chi connectivity index (χ1n) is 13.6. The number of nitrogens with zero attached hydrogens (tertiary/aromatic N) is 5. The van der Waals surface area contributed by atoms with Crippen molar-refractivity contribution in [1.82, 2.24) is 14.5 Å². The third kappa shape index (κ3) is 6.16. The molecule has 5 aromatic rings. The molecular formula is C32H24N6O5S2. The minimum Gasteiger partial charge on any atom is -0.497 e. The summed E-state index contributed by atoms with van der Waals surface area (Å²) in [6.45, 7) is 1.74. The van der Waals surface area contributed by atoms with E-state index in [1.54, 1.807) is 75.0 Å². The number of methoxy groups -OCH3 is 1. The molecule has 0 spiro atoms. The molecule has 0 fully saturated rings. The zero-order valence-corrected chi connectivity index (χ0v) is 25.5. The average Bonchev–Trinajstić information content (AvgIpc) is 3.35. The lowest BCUT2D eigenvalue weighted by atomic mass is 9.95. The molecule has 45 heavy (non-hydrogen) atoms. The molecule has 0 saturated carbocycles. The number of nitro benzene ring substituents is 1. The lowest BCUT2D eigenvalue weighted by Gasteiger charge is -2.25. The first-order chi connectivity index (χ1) is 21.8. The lowest BCUT2D eigenvalue weighted by molar-refractivity contribution is -0.384. The SMILES string of the molecule is COc1cccc([C@@H]2C(C(=O)Nc3ccccc3)=C(C)N=c3s/c(=C/c4cc([N+](=O)[O-])ccc4Sc4ncccn4)c(=O)n32)c1. The van der Waals surface area contributed by atoms with Gasteiger partial charge in [0.1, 0.15) is 5.75 Å². The number of nitrogens with one attached hydrogen (secondary N) is 1. The van der Waals surface area contributed by atoms with Crippen LogP contribution in [-0.2, 0) is 4.79 Å². The molecule has 3 aromatic carbocycles. The molecule has 1 aliphatic heterocycles. The van der Waals surface area contributed by atoms with E-state index in [-0.39, 0.29) is 10.2 Å². The zero-order valence-electron chi connectivity index (χ0n) is 23.9. The van der Waals surface area contributed by atoms with E-state index in [1.165, 1.54) is 28.5 Å². The molecule has 6 rings (SSSR count). The molecule has 0 bridgehead atoms. The van der Waals surface area contributed by atoms with Gasteiger partial charge < -0.3 is 10.1 Å². The highest BCUT2D eigenvalue weighted by Gasteiger charge is 2.33. The minimum atomic E-state index is -0.820. The lowest BCUT2D eigenvalue weighted by Crippen LogP contribution is -2.40. The van der Waals surface area contributed by atoms with Gasteiger partial charge in [0.2, 0.25) is 0 Å². The van der Waals surface area contributed by atoms with E-state index >= 15 is 0 Å². The highest BCUT2D eigenvalue weighted by atomic mass is 32.2. The van der Waals surface area contributed by atoms with Gasteiger partial charge in [-0.15, -0.1) is 0 Å². The molecule has 2 aromatic heterocycles. The van der Waals surface area contributed by atoms with Crippen LogP contribution in [0, 0.1) is 10.1 Å². The van der Waals surface area contributed by atoms with Crippen LogP contribution in [0.25, 0.3) is 6.08 Å². The molecule has 0 unspecified atom stereocenters. The number of fused-ring (bicyclic) bond motifs is 1. The predicted octanol–water partition coefficient (Wildman–Crippen LogP) is 4.73. The third-order valence-electron chi connectivity index (χ3n) is 6.94. The number of hydrogen-bond donors (Lipinski definition) is 1. The number of allylic oxidation sites excluding steroid dienone is 1. The van der Waals surface area contributed by atoms with Gasteiger partial charge in [0.05, 0.1) is 33.9 Å². The first kappa shape index (κ1) is 29.7. The van der Waals surface area contributed by atoms with E-state index in [4.69, 9.17) is 4.74 Å². The molecule has 1 aliphatic rings. The summed E-state index contributed by atoms with van der Waals surface area (Å²) in [5, 5.41) is 15.0. The maximum Gasteiger partial charge on any atom is 0.271 e. The fraction of sp³-hybridized carbons (Fsp3) is 0.0938. The normalized spacial score (nSPS) is 14.4. The number of thiazole rings is 1. The molecule has 0 saturated heterocycles. The average molecular weight is 637 g/mol. The molecule has 0 aliphatic carbocycles. The van der Waals surface area contributed by atoms with Crippen LogP contribution in [0.3, 0.4) is 0 Å². The molecule has 3 heterocycles. The predicted molar refractivity (Wildman–Crippen MR) is 171 cm³/mol. The summed E-state index contributed by atoms with van der Waals surface area (Å²) < 4.78 is 7.24. The van der Waals surface area contributed by atoms with E-state index in [1.807, 2.05) is 24.3 Å². The second-order valence-corrected chi connectivity index (χ2v) is 11.8. The number of aromatic nitrogens is 3. The number of carbonyl (C=O) groups excluding carboxylic acids is 1. The fourth-order valence-electron chi connectivity index (χ4n) is 4.89. The Morgan fingerprint density at radius 1 is 1.07 bits per heavy atom. The van der Waals surface area contributed by atoms with Crippen molar-refractivity contribution >= 4 is 46.5 Å². The maximum atomic E-state index is 14.2. The van der Waals surface area contributed by atoms with Crippen molar-refractivity contribution in [3.05, 3.63) is 143 Å². The van der Waals surface area contributed by atoms with Crippen LogP contribution < -0.4 is 24.9 Å². The van der Waals surface area contributed by atoms with Crippen molar-refractivity contribution in [2.75, 3.05) is 12.4 Å². The zero-order chi connectivity index (χ0) is 31.5. The molecular weight excluding hydrogens is 613 g/mol. The number of rotatable bonds is 8. The van der Waals surface area contributed by atoms with Gasteiger partial charge in [-0.3, -0.25) is 24.3 Å². The molecule has 11 nitrogen and oxygen atoms in total. The Hall–Kier alpha value is -5.40. The van der Waals surface area contributed by atoms with E-state index in [0.29, 0.717) is 48.7 Å². The van der Waals surface area contributed by atoms with Gasteiger partial charge in [0.15, 0.2) is 9.96 Å². The van der Waals surface area contributed by atoms with Crippen molar-refractivity contribution in [2.24, 2.45) is 4.99 Å². The quantitative estimate of drug-likeness (QED) is 0.146. The first-order valence-corrected chi connectivity index (χ1v) is 15.2. The van der Waals surface area contributed by atoms with Crippen LogP contribution in [0.15, 0.2) is 122 Å². The van der Waals surface area contributed by atoms with Crippen molar-refractivity contribution in [3.63, 3.8) is 0 Å². The van der Waals surface area contributed by atoms with Gasteiger partial charge in [0.25, 0.3) is 17.2 Å². The number of para-hydroxylation sites is 1. The summed E-state index contributed by atoms with van der Waals surface area (Å²) in [6, 6.07) is 21.5. The Balaban J connectivity index is 1.52. The Labute approximate surface area is 264 Å².